The predicted octanol–water partition coefficient (Wildman–Crippen LogP) is 3.78. The Morgan fingerprint density at radius 3 is 2.57 bits per heavy atom. The normalized spacial score (nSPS) is 14.8. The van der Waals surface area contributed by atoms with E-state index < -0.39 is 5.97 Å². The lowest BCUT2D eigenvalue weighted by atomic mass is 9.96. The number of methoxy groups -OCH3 is 1. The van der Waals surface area contributed by atoms with Gasteiger partial charge in [0.2, 0.25) is 0 Å². The number of carbonyl (C=O) groups is 1. The maximum Gasteiger partial charge on any atom is 0.341 e. The Labute approximate surface area is 183 Å². The highest BCUT2D eigenvalue weighted by molar-refractivity contribution is 14.0. The van der Waals surface area contributed by atoms with E-state index in [0.29, 0.717) is 23.6 Å². The Morgan fingerprint density at radius 1 is 1.25 bits per heavy atom. The number of aryl methyl sites for hydroxylation is 1. The van der Waals surface area contributed by atoms with Gasteiger partial charge in [-0.15, -0.1) is 24.0 Å². The van der Waals surface area contributed by atoms with Crippen molar-refractivity contribution in [3.05, 3.63) is 59.0 Å². The van der Waals surface area contributed by atoms with E-state index in [-0.39, 0.29) is 29.4 Å². The van der Waals surface area contributed by atoms with Gasteiger partial charge in [0.1, 0.15) is 23.6 Å². The Balaban J connectivity index is 0.00000280. The molecule has 3 rings (SSSR count). The number of hydrogen-bond acceptors (Lipinski definition) is 4. The monoisotopic (exact) mass is 497 g/mol. The molecule has 28 heavy (non-hydrogen) atoms. The van der Waals surface area contributed by atoms with Gasteiger partial charge in [0, 0.05) is 18.5 Å². The van der Waals surface area contributed by atoms with E-state index in [1.54, 1.807) is 13.0 Å². The predicted molar refractivity (Wildman–Crippen MR) is 120 cm³/mol. The van der Waals surface area contributed by atoms with Crippen LogP contribution in [0.15, 0.2) is 45.8 Å². The average molecular weight is 497 g/mol. The second-order valence-electron chi connectivity index (χ2n) is 6.87. The molecule has 1 aromatic heterocycles. The van der Waals surface area contributed by atoms with Gasteiger partial charge in [-0.1, -0.05) is 30.3 Å². The van der Waals surface area contributed by atoms with E-state index in [4.69, 9.17) is 9.15 Å². The smallest absolute Gasteiger partial charge is 0.341 e. The van der Waals surface area contributed by atoms with E-state index in [0.717, 1.165) is 19.0 Å². The van der Waals surface area contributed by atoms with Crippen molar-refractivity contribution >= 4 is 35.9 Å². The summed E-state index contributed by atoms with van der Waals surface area (Å²) in [5.41, 5.74) is 2.02. The van der Waals surface area contributed by atoms with Crippen LogP contribution in [-0.2, 0) is 16.7 Å². The first-order chi connectivity index (χ1) is 13.1. The van der Waals surface area contributed by atoms with E-state index in [9.17, 15) is 4.79 Å². The molecule has 6 nitrogen and oxygen atoms in total. The molecule has 0 amide bonds. The number of halogens is 1. The van der Waals surface area contributed by atoms with E-state index >= 15 is 0 Å². The summed E-state index contributed by atoms with van der Waals surface area (Å²) in [4.78, 5) is 16.3. The Bertz CT molecular complexity index is 814. The SMILES string of the molecule is CCNC(=NCc1cc(C(=O)OC)c(C)o1)NCC1(c2ccccc2)CC1.I. The first-order valence-electron chi connectivity index (χ1n) is 9.33. The van der Waals surface area contributed by atoms with E-state index in [1.807, 2.05) is 13.0 Å². The summed E-state index contributed by atoms with van der Waals surface area (Å²) in [7, 11) is 1.36. The largest absolute Gasteiger partial charge is 0.465 e. The Hall–Kier alpha value is -2.03. The van der Waals surface area contributed by atoms with Gasteiger partial charge in [0.15, 0.2) is 5.96 Å². The summed E-state index contributed by atoms with van der Waals surface area (Å²) in [6.07, 6.45) is 2.37. The molecule has 0 saturated heterocycles. The summed E-state index contributed by atoms with van der Waals surface area (Å²) in [5, 5.41) is 6.72. The topological polar surface area (TPSA) is 75.9 Å². The van der Waals surface area contributed by atoms with Crippen molar-refractivity contribution in [2.75, 3.05) is 20.2 Å². The van der Waals surface area contributed by atoms with Gasteiger partial charge in [-0.05, 0) is 38.3 Å². The molecule has 1 heterocycles. The van der Waals surface area contributed by atoms with Gasteiger partial charge in [0.05, 0.1) is 7.11 Å². The second kappa shape index (κ2) is 9.95. The standard InChI is InChI=1S/C21H27N3O3.HI/c1-4-22-20(23-13-17-12-18(15(2)27-17)19(25)26-3)24-14-21(10-11-21)16-8-6-5-7-9-16;/h5-9,12H,4,10-11,13-14H2,1-3H3,(H2,22,23,24);1H. The highest BCUT2D eigenvalue weighted by Gasteiger charge is 2.43. The molecule has 1 fully saturated rings. The van der Waals surface area contributed by atoms with Crippen LogP contribution in [-0.4, -0.2) is 32.1 Å². The molecule has 0 unspecified atom stereocenters. The molecule has 0 bridgehead atoms. The summed E-state index contributed by atoms with van der Waals surface area (Å²) < 4.78 is 10.4. The van der Waals surface area contributed by atoms with Gasteiger partial charge in [0.25, 0.3) is 0 Å². The molecule has 1 aliphatic rings. The average Bonchev–Trinajstić information content (AvgIpc) is 3.40. The number of furan rings is 1. The van der Waals surface area contributed by atoms with Crippen molar-refractivity contribution in [1.29, 1.82) is 0 Å². The van der Waals surface area contributed by atoms with Crippen LogP contribution in [0.1, 0.15) is 47.2 Å². The molecular weight excluding hydrogens is 469 g/mol. The zero-order valence-electron chi connectivity index (χ0n) is 16.6. The lowest BCUT2D eigenvalue weighted by molar-refractivity contribution is 0.0599. The molecule has 7 heteroatoms. The fourth-order valence-corrected chi connectivity index (χ4v) is 3.20. The Morgan fingerprint density at radius 2 is 1.96 bits per heavy atom. The molecule has 1 aromatic carbocycles. The molecule has 2 aromatic rings. The lowest BCUT2D eigenvalue weighted by Gasteiger charge is -2.19. The number of ether oxygens (including phenoxy) is 1. The Kier molecular flexibility index (Phi) is 7.91. The first kappa shape index (κ1) is 22.3. The minimum atomic E-state index is -0.393. The molecule has 0 aliphatic heterocycles. The number of carbonyl (C=O) groups excluding carboxylic acids is 1. The van der Waals surface area contributed by atoms with Gasteiger partial charge >= 0.3 is 5.97 Å². The number of nitrogens with one attached hydrogen (secondary N) is 2. The molecule has 1 aliphatic carbocycles. The van der Waals surface area contributed by atoms with Crippen LogP contribution in [0.3, 0.4) is 0 Å². The third-order valence-electron chi connectivity index (χ3n) is 4.95. The van der Waals surface area contributed by atoms with Gasteiger partial charge in [-0.25, -0.2) is 9.79 Å². The van der Waals surface area contributed by atoms with Crippen molar-refractivity contribution in [3.63, 3.8) is 0 Å². The molecule has 152 valence electrons. The minimum Gasteiger partial charge on any atom is -0.465 e. The first-order valence-corrected chi connectivity index (χ1v) is 9.33. The quantitative estimate of drug-likeness (QED) is 0.264. The number of hydrogen-bond donors (Lipinski definition) is 2. The minimum absolute atomic E-state index is 0. The summed E-state index contributed by atoms with van der Waals surface area (Å²) in [5.74, 6) is 1.53. The number of aliphatic imine (C=N–C) groups is 1. The van der Waals surface area contributed by atoms with Crippen LogP contribution in [0.4, 0.5) is 0 Å². The van der Waals surface area contributed by atoms with Crippen LogP contribution >= 0.6 is 24.0 Å². The molecule has 0 spiro atoms. The number of esters is 1. The van der Waals surface area contributed by atoms with Crippen molar-refractivity contribution < 1.29 is 13.9 Å². The number of nitrogens with zero attached hydrogens (tertiary/aromatic N) is 1. The zero-order valence-corrected chi connectivity index (χ0v) is 18.9. The van der Waals surface area contributed by atoms with Crippen molar-refractivity contribution in [2.45, 2.75) is 38.6 Å². The fraction of sp³-hybridized carbons (Fsp3) is 0.429. The van der Waals surface area contributed by atoms with Crippen molar-refractivity contribution in [3.8, 4) is 0 Å². The van der Waals surface area contributed by atoms with Crippen LogP contribution in [0.2, 0.25) is 0 Å². The maximum absolute atomic E-state index is 11.7. The molecule has 0 radical (unpaired) electrons. The zero-order chi connectivity index (χ0) is 19.3. The maximum atomic E-state index is 11.7. The number of rotatable bonds is 7. The van der Waals surface area contributed by atoms with Crippen LogP contribution in [0.5, 0.6) is 0 Å². The van der Waals surface area contributed by atoms with Gasteiger partial charge in [-0.3, -0.25) is 0 Å². The lowest BCUT2D eigenvalue weighted by Crippen LogP contribution is -2.41. The van der Waals surface area contributed by atoms with Crippen LogP contribution < -0.4 is 10.6 Å². The summed E-state index contributed by atoms with van der Waals surface area (Å²) in [6.45, 7) is 5.75. The third-order valence-corrected chi connectivity index (χ3v) is 4.95. The van der Waals surface area contributed by atoms with Crippen molar-refractivity contribution in [1.82, 2.24) is 10.6 Å². The molecular formula is C21H28IN3O3. The van der Waals surface area contributed by atoms with Gasteiger partial charge in [-0.2, -0.15) is 0 Å². The van der Waals surface area contributed by atoms with Crippen molar-refractivity contribution in [2.24, 2.45) is 4.99 Å². The molecule has 2 N–H and O–H groups in total. The molecule has 0 atom stereocenters. The fourth-order valence-electron chi connectivity index (χ4n) is 3.20. The van der Waals surface area contributed by atoms with Crippen LogP contribution in [0, 0.1) is 6.92 Å². The summed E-state index contributed by atoms with van der Waals surface area (Å²) >= 11 is 0. The third kappa shape index (κ3) is 5.27. The van der Waals surface area contributed by atoms with E-state index in [2.05, 4.69) is 39.9 Å². The van der Waals surface area contributed by atoms with Gasteiger partial charge < -0.3 is 19.8 Å². The second-order valence-corrected chi connectivity index (χ2v) is 6.87. The number of guanidine groups is 1. The van der Waals surface area contributed by atoms with Crippen LogP contribution in [0.25, 0.3) is 0 Å². The highest BCUT2D eigenvalue weighted by Crippen LogP contribution is 2.47. The summed E-state index contributed by atoms with van der Waals surface area (Å²) in [6, 6.07) is 12.3. The highest BCUT2D eigenvalue weighted by atomic mass is 127. The number of benzene rings is 1. The van der Waals surface area contributed by atoms with E-state index in [1.165, 1.54) is 25.5 Å². The molecule has 1 saturated carbocycles.